The quantitative estimate of drug-likeness (QED) is 0.445. The van der Waals surface area contributed by atoms with Crippen LogP contribution in [0.5, 0.6) is 11.6 Å². The van der Waals surface area contributed by atoms with Crippen LogP contribution >= 0.6 is 11.3 Å². The average molecular weight is 493 g/mol. The van der Waals surface area contributed by atoms with Gasteiger partial charge in [0.25, 0.3) is 0 Å². The van der Waals surface area contributed by atoms with Crippen LogP contribution in [0.15, 0.2) is 30.5 Å². The maximum Gasteiger partial charge on any atom is 0.407 e. The summed E-state index contributed by atoms with van der Waals surface area (Å²) in [6.45, 7) is 3.49. The maximum atomic E-state index is 12.1. The van der Waals surface area contributed by atoms with Gasteiger partial charge in [0.2, 0.25) is 5.88 Å². The number of amides is 1. The largest absolute Gasteiger partial charge is 0.488 e. The third-order valence-corrected chi connectivity index (χ3v) is 7.35. The topological polar surface area (TPSA) is 105 Å². The van der Waals surface area contributed by atoms with Gasteiger partial charge in [0.15, 0.2) is 0 Å². The van der Waals surface area contributed by atoms with Crippen LogP contribution in [0.4, 0.5) is 4.79 Å². The van der Waals surface area contributed by atoms with E-state index in [2.05, 4.69) is 21.4 Å². The van der Waals surface area contributed by atoms with Crippen molar-refractivity contribution in [1.82, 2.24) is 20.3 Å². The molecule has 10 heteroatoms. The van der Waals surface area contributed by atoms with Crippen LogP contribution in [0.2, 0.25) is 0 Å². The normalized spacial score (nSPS) is 19.0. The molecule has 0 spiro atoms. The molecule has 1 saturated heterocycles. The Morgan fingerprint density at radius 2 is 2.17 bits per heavy atom. The maximum absolute atomic E-state index is 12.1. The van der Waals surface area contributed by atoms with Crippen LogP contribution in [-0.2, 0) is 15.9 Å². The Hall–Kier alpha value is -3.50. The van der Waals surface area contributed by atoms with Crippen molar-refractivity contribution in [1.29, 1.82) is 0 Å². The zero-order chi connectivity index (χ0) is 23.9. The fourth-order valence-corrected chi connectivity index (χ4v) is 5.64. The van der Waals surface area contributed by atoms with Crippen LogP contribution in [0.3, 0.4) is 0 Å². The van der Waals surface area contributed by atoms with Gasteiger partial charge in [-0.2, -0.15) is 0 Å². The van der Waals surface area contributed by atoms with E-state index in [1.807, 2.05) is 25.1 Å². The van der Waals surface area contributed by atoms with E-state index in [0.717, 1.165) is 55.1 Å². The summed E-state index contributed by atoms with van der Waals surface area (Å²) in [5.74, 6) is 1.31. The number of rotatable bonds is 5. The van der Waals surface area contributed by atoms with Gasteiger partial charge >= 0.3 is 6.09 Å². The number of carbonyl (C=O) groups excluding carboxylic acids is 1. The second-order valence-corrected chi connectivity index (χ2v) is 9.72. The van der Waals surface area contributed by atoms with Gasteiger partial charge in [0, 0.05) is 24.0 Å². The lowest BCUT2D eigenvalue weighted by Crippen LogP contribution is -2.36. The van der Waals surface area contributed by atoms with Gasteiger partial charge in [0.05, 0.1) is 54.3 Å². The molecule has 4 heterocycles. The molecule has 2 aromatic carbocycles. The van der Waals surface area contributed by atoms with E-state index in [1.165, 1.54) is 0 Å². The molecule has 2 unspecified atom stereocenters. The van der Waals surface area contributed by atoms with E-state index in [9.17, 15) is 4.79 Å². The number of ether oxygens (including phenoxy) is 4. The third kappa shape index (κ3) is 4.23. The molecule has 0 saturated carbocycles. The summed E-state index contributed by atoms with van der Waals surface area (Å²) in [6.07, 6.45) is 2.28. The Kier molecular flexibility index (Phi) is 5.62. The first-order valence-corrected chi connectivity index (χ1v) is 12.3. The van der Waals surface area contributed by atoms with Crippen molar-refractivity contribution in [2.75, 3.05) is 26.9 Å². The Bertz CT molecular complexity index is 1430. The zero-order valence-corrected chi connectivity index (χ0v) is 20.2. The number of aromatic nitrogens is 3. The smallest absolute Gasteiger partial charge is 0.407 e. The molecule has 4 aromatic rings. The number of nitrogens with one attached hydrogen (secondary N) is 1. The molecular weight excluding hydrogens is 468 g/mol. The van der Waals surface area contributed by atoms with Gasteiger partial charge in [0.1, 0.15) is 23.0 Å². The number of aryl methyl sites for hydroxylation is 1. The molecule has 0 radical (unpaired) electrons. The summed E-state index contributed by atoms with van der Waals surface area (Å²) in [6, 6.07) is 8.01. The Morgan fingerprint density at radius 1 is 1.26 bits per heavy atom. The molecule has 9 nitrogen and oxygen atoms in total. The van der Waals surface area contributed by atoms with Crippen LogP contribution in [0.25, 0.3) is 31.8 Å². The molecule has 35 heavy (non-hydrogen) atoms. The standard InChI is InChI=1S/C25H24N4O5S/c1-13-7-17(22-19(8-13)28-21(31-2)11-26-22)24-29-18-3-4-20-16(23(18)35-24)9-15(33-20)10-27-25(30)34-14-5-6-32-12-14/h3-4,7-8,11,14-15H,5-6,9-10,12H2,1-2H3,(H,27,30). The molecule has 0 bridgehead atoms. The summed E-state index contributed by atoms with van der Waals surface area (Å²) < 4.78 is 23.1. The van der Waals surface area contributed by atoms with Gasteiger partial charge in [-0.15, -0.1) is 11.3 Å². The summed E-state index contributed by atoms with van der Waals surface area (Å²) in [7, 11) is 1.58. The number of fused-ring (bicyclic) bond motifs is 4. The molecule has 0 aliphatic carbocycles. The highest BCUT2D eigenvalue weighted by Crippen LogP contribution is 2.41. The molecule has 1 N–H and O–H groups in total. The molecule has 1 fully saturated rings. The Balaban J connectivity index is 1.24. The van der Waals surface area contributed by atoms with Gasteiger partial charge in [-0.25, -0.2) is 19.7 Å². The first-order chi connectivity index (χ1) is 17.1. The van der Waals surface area contributed by atoms with Crippen molar-refractivity contribution in [2.45, 2.75) is 32.0 Å². The van der Waals surface area contributed by atoms with Gasteiger partial charge < -0.3 is 24.3 Å². The molecule has 2 atom stereocenters. The summed E-state index contributed by atoms with van der Waals surface area (Å²) in [5, 5.41) is 3.70. The first kappa shape index (κ1) is 22.0. The number of hydrogen-bond donors (Lipinski definition) is 1. The molecule has 1 amide bonds. The lowest BCUT2D eigenvalue weighted by Gasteiger charge is -2.14. The Labute approximate surface area is 205 Å². The highest BCUT2D eigenvalue weighted by Gasteiger charge is 2.28. The number of thiazole rings is 1. The summed E-state index contributed by atoms with van der Waals surface area (Å²) in [4.78, 5) is 26.2. The number of methoxy groups -OCH3 is 1. The molecule has 2 aliphatic rings. The van der Waals surface area contributed by atoms with Crippen molar-refractivity contribution >= 4 is 38.7 Å². The molecule has 180 valence electrons. The van der Waals surface area contributed by atoms with E-state index >= 15 is 0 Å². The van der Waals surface area contributed by atoms with Gasteiger partial charge in [-0.3, -0.25) is 0 Å². The van der Waals surface area contributed by atoms with E-state index in [1.54, 1.807) is 24.6 Å². The van der Waals surface area contributed by atoms with E-state index in [-0.39, 0.29) is 12.2 Å². The van der Waals surface area contributed by atoms with Crippen molar-refractivity contribution < 1.29 is 23.7 Å². The minimum atomic E-state index is -0.436. The van der Waals surface area contributed by atoms with Crippen LogP contribution in [0.1, 0.15) is 17.5 Å². The van der Waals surface area contributed by atoms with Crippen LogP contribution < -0.4 is 14.8 Å². The minimum Gasteiger partial charge on any atom is -0.488 e. The number of hydrogen-bond acceptors (Lipinski definition) is 9. The second-order valence-electron chi connectivity index (χ2n) is 8.72. The van der Waals surface area contributed by atoms with E-state index in [4.69, 9.17) is 23.9 Å². The van der Waals surface area contributed by atoms with Gasteiger partial charge in [-0.1, -0.05) is 0 Å². The predicted octanol–water partition coefficient (Wildman–Crippen LogP) is 4.04. The molecule has 2 aliphatic heterocycles. The third-order valence-electron chi connectivity index (χ3n) is 6.19. The van der Waals surface area contributed by atoms with Crippen molar-refractivity contribution in [3.05, 3.63) is 41.6 Å². The highest BCUT2D eigenvalue weighted by atomic mass is 32.1. The predicted molar refractivity (Wildman–Crippen MR) is 131 cm³/mol. The first-order valence-electron chi connectivity index (χ1n) is 11.5. The SMILES string of the molecule is COc1cnc2c(-c3nc4ccc5c(c4s3)CC(CNC(=O)OC3CCOC3)O5)cc(C)cc2n1. The van der Waals surface area contributed by atoms with Crippen molar-refractivity contribution in [3.63, 3.8) is 0 Å². The Morgan fingerprint density at radius 3 is 3.00 bits per heavy atom. The number of alkyl carbamates (subject to hydrolysis) is 1. The van der Waals surface area contributed by atoms with Crippen molar-refractivity contribution in [2.24, 2.45) is 0 Å². The number of benzene rings is 2. The summed E-state index contributed by atoms with van der Waals surface area (Å²) in [5.41, 5.74) is 5.61. The minimum absolute atomic E-state index is 0.161. The fourth-order valence-electron chi connectivity index (χ4n) is 4.52. The molecule has 6 rings (SSSR count). The van der Waals surface area contributed by atoms with Gasteiger partial charge in [-0.05, 0) is 36.8 Å². The second kappa shape index (κ2) is 8.94. The zero-order valence-electron chi connectivity index (χ0n) is 19.4. The number of carbonyl (C=O) groups is 1. The van der Waals surface area contributed by atoms with E-state index in [0.29, 0.717) is 32.1 Å². The number of nitrogens with zero attached hydrogens (tertiary/aromatic N) is 3. The summed E-state index contributed by atoms with van der Waals surface area (Å²) >= 11 is 1.62. The van der Waals surface area contributed by atoms with Crippen LogP contribution in [0, 0.1) is 6.92 Å². The lowest BCUT2D eigenvalue weighted by atomic mass is 10.1. The highest BCUT2D eigenvalue weighted by molar-refractivity contribution is 7.22. The average Bonchev–Trinajstić information content (AvgIpc) is 3.60. The molecule has 2 aromatic heterocycles. The van der Waals surface area contributed by atoms with Crippen molar-refractivity contribution in [3.8, 4) is 22.2 Å². The monoisotopic (exact) mass is 492 g/mol. The van der Waals surface area contributed by atoms with Crippen LogP contribution in [-0.4, -0.2) is 60.1 Å². The van der Waals surface area contributed by atoms with E-state index < -0.39 is 6.09 Å². The fraction of sp³-hybridized carbons (Fsp3) is 0.360. The molecular formula is C25H24N4O5S. The lowest BCUT2D eigenvalue weighted by molar-refractivity contribution is 0.0806.